The van der Waals surface area contributed by atoms with Crippen LogP contribution >= 0.6 is 25.3 Å². The molecule has 0 fully saturated rings. The van der Waals surface area contributed by atoms with Gasteiger partial charge in [0.05, 0.1) is 6.04 Å². The maximum Gasteiger partial charge on any atom is 0.327 e. The van der Waals surface area contributed by atoms with Crippen molar-refractivity contribution in [2.75, 3.05) is 31.1 Å². The lowest BCUT2D eigenvalue weighted by atomic mass is 9.99. The second kappa shape index (κ2) is 30.2. The van der Waals surface area contributed by atoms with Gasteiger partial charge in [-0.25, -0.2) is 4.79 Å². The number of carbonyl (C=O) groups excluding carboxylic acids is 6. The maximum atomic E-state index is 14.0. The number of guanidine groups is 1. The fourth-order valence-corrected chi connectivity index (χ4v) is 6.10. The number of nitrogens with one attached hydrogen (secondary N) is 6. The first kappa shape index (κ1) is 54.1. The normalized spacial score (nSPS) is 14.8. The number of carboxylic acids is 1. The van der Waals surface area contributed by atoms with Crippen molar-refractivity contribution in [2.45, 2.75) is 134 Å². The van der Waals surface area contributed by atoms with Crippen LogP contribution in [0.25, 0.3) is 0 Å². The van der Waals surface area contributed by atoms with Gasteiger partial charge in [0.2, 0.25) is 35.4 Å². The number of unbranched alkanes of at least 4 members (excludes halogenated alkanes) is 2. The summed E-state index contributed by atoms with van der Waals surface area (Å²) in [7, 11) is 0. The van der Waals surface area contributed by atoms with Crippen LogP contribution in [0.2, 0.25) is 0 Å². The van der Waals surface area contributed by atoms with E-state index < -0.39 is 83.7 Å². The van der Waals surface area contributed by atoms with Crippen molar-refractivity contribution in [1.82, 2.24) is 31.9 Å². The van der Waals surface area contributed by atoms with Gasteiger partial charge in [0.15, 0.2) is 5.96 Å². The fourth-order valence-electron chi connectivity index (χ4n) is 5.60. The van der Waals surface area contributed by atoms with Gasteiger partial charge in [0.25, 0.3) is 0 Å². The zero-order valence-corrected chi connectivity index (χ0v) is 36.1. The van der Waals surface area contributed by atoms with Crippen LogP contribution in [0.4, 0.5) is 0 Å². The molecule has 0 saturated heterocycles. The Morgan fingerprint density at radius 1 is 0.534 bits per heavy atom. The van der Waals surface area contributed by atoms with Crippen LogP contribution in [-0.4, -0.2) is 126 Å². The Balaban J connectivity index is 6.36. The third-order valence-electron chi connectivity index (χ3n) is 8.76. The molecular formula is C36H70N12O8S2. The van der Waals surface area contributed by atoms with E-state index >= 15 is 0 Å². The number of amides is 6. The Morgan fingerprint density at radius 2 is 0.897 bits per heavy atom. The summed E-state index contributed by atoms with van der Waals surface area (Å²) in [4.78, 5) is 96.3. The number of thiol groups is 2. The van der Waals surface area contributed by atoms with Gasteiger partial charge < -0.3 is 65.7 Å². The number of rotatable bonds is 31. The van der Waals surface area contributed by atoms with Crippen LogP contribution in [0, 0.1) is 11.8 Å². The highest BCUT2D eigenvalue weighted by atomic mass is 32.1. The van der Waals surface area contributed by atoms with Gasteiger partial charge in [-0.1, -0.05) is 34.1 Å². The standard InChI is InChI=1S/C36H70N12O8S2/c1-20(2)16-25(32(52)46-26(17-21(3)4)33(53)47-27(18-57)34(54)48-28(19-58)35(55)56)45-31(51)24(12-9-15-42-36(40)41)44-30(50)23(11-6-8-14-38)43-29(49)22(39)10-5-7-13-37/h20-28,57-58H,5-19,37-39H2,1-4H3,(H,43,49)(H,44,50)(H,45,51)(H,46,52)(H,47,53)(H,48,54)(H,55,56)(H4,40,41,42)/t22-,23-,24-,25-,26-,27-,28-/m0/s1. The van der Waals surface area contributed by atoms with E-state index in [0.29, 0.717) is 45.2 Å². The van der Waals surface area contributed by atoms with Crippen LogP contribution in [0.3, 0.4) is 0 Å². The molecule has 7 atom stereocenters. The first-order valence-corrected chi connectivity index (χ1v) is 21.1. The minimum absolute atomic E-state index is 0.0496. The van der Waals surface area contributed by atoms with Gasteiger partial charge in [0, 0.05) is 18.1 Å². The quantitative estimate of drug-likeness (QED) is 0.0149. The number of hydrogen-bond acceptors (Lipinski definition) is 13. The van der Waals surface area contributed by atoms with E-state index in [1.807, 2.05) is 27.7 Å². The molecule has 17 N–H and O–H groups in total. The zero-order chi connectivity index (χ0) is 44.4. The number of nitrogens with two attached hydrogens (primary N) is 5. The first-order chi connectivity index (χ1) is 27.3. The predicted octanol–water partition coefficient (Wildman–Crippen LogP) is -2.43. The van der Waals surface area contributed by atoms with Crippen molar-refractivity contribution in [3.8, 4) is 0 Å². The SMILES string of the molecule is CC(C)C[C@H](NC(=O)[C@H](CC(C)C)NC(=O)[C@H](CCCN=C(N)N)NC(=O)[C@H](CCCCN)NC(=O)[C@@H](N)CCCCN)C(=O)N[C@@H](CS)C(=O)N[C@@H](CS)C(=O)O. The number of nitrogens with zero attached hydrogens (tertiary/aromatic N) is 1. The smallest absolute Gasteiger partial charge is 0.327 e. The highest BCUT2D eigenvalue weighted by molar-refractivity contribution is 7.80. The van der Waals surface area contributed by atoms with Crippen molar-refractivity contribution in [1.29, 1.82) is 0 Å². The van der Waals surface area contributed by atoms with E-state index in [2.05, 4.69) is 62.2 Å². The van der Waals surface area contributed by atoms with Gasteiger partial charge in [-0.05, 0) is 82.7 Å². The van der Waals surface area contributed by atoms with Crippen molar-refractivity contribution >= 4 is 72.6 Å². The monoisotopic (exact) mass is 862 g/mol. The Bertz CT molecular complexity index is 1340. The van der Waals surface area contributed by atoms with E-state index in [-0.39, 0.29) is 67.9 Å². The minimum Gasteiger partial charge on any atom is -0.480 e. The largest absolute Gasteiger partial charge is 0.480 e. The van der Waals surface area contributed by atoms with Crippen molar-refractivity contribution < 1.29 is 38.7 Å². The molecule has 0 bridgehead atoms. The second-order valence-corrected chi connectivity index (χ2v) is 15.7. The van der Waals surface area contributed by atoms with Crippen molar-refractivity contribution in [3.05, 3.63) is 0 Å². The average Bonchev–Trinajstić information content (AvgIpc) is 3.15. The lowest BCUT2D eigenvalue weighted by Gasteiger charge is -2.28. The van der Waals surface area contributed by atoms with Gasteiger partial charge in [-0.3, -0.25) is 33.8 Å². The molecule has 0 aliphatic heterocycles. The molecule has 0 spiro atoms. The summed E-state index contributed by atoms with van der Waals surface area (Å²) in [5.74, 6) is -6.19. The lowest BCUT2D eigenvalue weighted by molar-refractivity contribution is -0.141. The molecule has 58 heavy (non-hydrogen) atoms. The third kappa shape index (κ3) is 22.9. The summed E-state index contributed by atoms with van der Waals surface area (Å²) in [5.41, 5.74) is 28.3. The van der Waals surface area contributed by atoms with Crippen molar-refractivity contribution in [3.63, 3.8) is 0 Å². The van der Waals surface area contributed by atoms with E-state index in [9.17, 15) is 38.7 Å². The molecule has 0 aliphatic carbocycles. The average molecular weight is 863 g/mol. The molecule has 0 rings (SSSR count). The number of carbonyl (C=O) groups is 7. The summed E-state index contributed by atoms with van der Waals surface area (Å²) >= 11 is 8.09. The molecule has 0 aliphatic rings. The minimum atomic E-state index is -1.31. The summed E-state index contributed by atoms with van der Waals surface area (Å²) in [6.45, 7) is 8.26. The van der Waals surface area contributed by atoms with Gasteiger partial charge in [-0.2, -0.15) is 25.3 Å². The Morgan fingerprint density at radius 3 is 1.31 bits per heavy atom. The first-order valence-electron chi connectivity index (χ1n) is 19.8. The number of hydrogen-bond donors (Lipinski definition) is 14. The molecule has 0 radical (unpaired) electrons. The third-order valence-corrected chi connectivity index (χ3v) is 9.49. The molecular weight excluding hydrogens is 793 g/mol. The summed E-state index contributed by atoms with van der Waals surface area (Å²) in [5, 5.41) is 25.0. The summed E-state index contributed by atoms with van der Waals surface area (Å²) in [6.07, 6.45) is 3.56. The Labute approximate surface area is 353 Å². The molecule has 22 heteroatoms. The van der Waals surface area contributed by atoms with Crippen LogP contribution in [0.1, 0.15) is 91.9 Å². The maximum absolute atomic E-state index is 14.0. The van der Waals surface area contributed by atoms with Gasteiger partial charge >= 0.3 is 5.97 Å². The molecule has 0 aromatic heterocycles. The highest BCUT2D eigenvalue weighted by Crippen LogP contribution is 2.12. The van der Waals surface area contributed by atoms with E-state index in [0.717, 1.165) is 0 Å². The molecule has 6 amide bonds. The molecule has 0 saturated carbocycles. The van der Waals surface area contributed by atoms with Crippen LogP contribution in [0.5, 0.6) is 0 Å². The van der Waals surface area contributed by atoms with Gasteiger partial charge in [-0.15, -0.1) is 0 Å². The summed E-state index contributed by atoms with van der Waals surface area (Å²) < 4.78 is 0. The molecule has 0 heterocycles. The number of carboxylic acid groups (broad SMARTS) is 1. The van der Waals surface area contributed by atoms with Crippen LogP contribution in [0.15, 0.2) is 4.99 Å². The highest BCUT2D eigenvalue weighted by Gasteiger charge is 2.34. The molecule has 334 valence electrons. The molecule has 0 aromatic carbocycles. The molecule has 20 nitrogen and oxygen atoms in total. The summed E-state index contributed by atoms with van der Waals surface area (Å²) in [6, 6.07) is -8.01. The van der Waals surface area contributed by atoms with Crippen molar-refractivity contribution in [2.24, 2.45) is 45.5 Å². The van der Waals surface area contributed by atoms with E-state index in [1.54, 1.807) is 0 Å². The molecule has 0 aromatic rings. The number of aliphatic carboxylic acids is 1. The number of aliphatic imine (C=N–C) groups is 1. The van der Waals surface area contributed by atoms with E-state index in [1.165, 1.54) is 0 Å². The van der Waals surface area contributed by atoms with Crippen LogP contribution in [-0.2, 0) is 33.6 Å². The topological polar surface area (TPSA) is 354 Å². The fraction of sp³-hybridized carbons (Fsp3) is 0.778. The Hall–Kier alpha value is -3.86. The van der Waals surface area contributed by atoms with E-state index in [4.69, 9.17) is 28.7 Å². The van der Waals surface area contributed by atoms with Gasteiger partial charge in [0.1, 0.15) is 36.3 Å². The van der Waals surface area contributed by atoms with Crippen LogP contribution < -0.4 is 60.6 Å². The lowest BCUT2D eigenvalue weighted by Crippen LogP contribution is -2.60. The second-order valence-electron chi connectivity index (χ2n) is 15.0. The Kier molecular flexibility index (Phi) is 28.2. The molecule has 0 unspecified atom stereocenters. The predicted molar refractivity (Wildman–Crippen MR) is 230 cm³/mol. The zero-order valence-electron chi connectivity index (χ0n) is 34.3.